The van der Waals surface area contributed by atoms with Gasteiger partial charge in [0.15, 0.2) is 16.1 Å². The van der Waals surface area contributed by atoms with Crippen LogP contribution in [-0.4, -0.2) is 64.3 Å². The molecule has 2 atom stereocenters. The number of carboxylic acids is 1. The molecule has 12 heteroatoms. The summed E-state index contributed by atoms with van der Waals surface area (Å²) in [6.07, 6.45) is 0.798. The third-order valence-corrected chi connectivity index (χ3v) is 6.21. The van der Waals surface area contributed by atoms with Crippen LogP contribution in [0.1, 0.15) is 45.0 Å². The monoisotopic (exact) mass is 445 g/mol. The molecule has 9 nitrogen and oxygen atoms in total. The molecule has 3 heterocycles. The number of carboxylic acid groups (broad SMARTS) is 1. The lowest BCUT2D eigenvalue weighted by Crippen LogP contribution is -2.55. The first-order valence-electron chi connectivity index (χ1n) is 8.99. The standard InChI is InChI=1S/C17H21ClFN5O4S/c1-3-8-13(18)23-14(20-8)15(25)21-9-4-5-24(7-11(9)28-2)17-22-10(6-19)12(29-17)16(26)27/h9,11H,3-7H2,1-2H3,(H,20,23)(H,21,25)(H,26,27)/t9-,11+/m1/s1. The summed E-state index contributed by atoms with van der Waals surface area (Å²) in [5, 5.41) is 12.8. The van der Waals surface area contributed by atoms with Gasteiger partial charge in [0.1, 0.15) is 11.6 Å². The lowest BCUT2D eigenvalue weighted by Gasteiger charge is -2.37. The van der Waals surface area contributed by atoms with E-state index in [-0.39, 0.29) is 39.6 Å². The minimum atomic E-state index is -1.20. The minimum Gasteiger partial charge on any atom is -0.477 e. The fourth-order valence-corrected chi connectivity index (χ4v) is 4.40. The largest absolute Gasteiger partial charge is 0.477 e. The Morgan fingerprint density at radius 2 is 2.24 bits per heavy atom. The van der Waals surface area contributed by atoms with Crippen LogP contribution in [0.15, 0.2) is 0 Å². The van der Waals surface area contributed by atoms with Crippen LogP contribution in [0.5, 0.6) is 0 Å². The Balaban J connectivity index is 1.69. The number of aromatic carboxylic acids is 1. The normalized spacial score (nSPS) is 19.4. The van der Waals surface area contributed by atoms with E-state index in [1.165, 1.54) is 7.11 Å². The van der Waals surface area contributed by atoms with Gasteiger partial charge in [0.25, 0.3) is 5.91 Å². The number of alkyl halides is 1. The smallest absolute Gasteiger partial charge is 0.347 e. The average molecular weight is 446 g/mol. The molecule has 1 fully saturated rings. The second-order valence-corrected chi connectivity index (χ2v) is 7.84. The number of rotatable bonds is 7. The van der Waals surface area contributed by atoms with Gasteiger partial charge in [-0.15, -0.1) is 0 Å². The first-order chi connectivity index (χ1) is 13.9. The molecule has 1 aliphatic rings. The zero-order valence-electron chi connectivity index (χ0n) is 15.9. The van der Waals surface area contributed by atoms with Gasteiger partial charge in [0.2, 0.25) is 0 Å². The van der Waals surface area contributed by atoms with E-state index < -0.39 is 12.6 Å². The highest BCUT2D eigenvalue weighted by Gasteiger charge is 2.33. The minimum absolute atomic E-state index is 0.0803. The molecule has 0 bridgehead atoms. The topological polar surface area (TPSA) is 120 Å². The van der Waals surface area contributed by atoms with Crippen LogP contribution in [-0.2, 0) is 17.8 Å². The van der Waals surface area contributed by atoms with Gasteiger partial charge in [-0.1, -0.05) is 29.9 Å². The van der Waals surface area contributed by atoms with Crippen LogP contribution < -0.4 is 10.2 Å². The van der Waals surface area contributed by atoms with Crippen molar-refractivity contribution in [1.29, 1.82) is 0 Å². The fraction of sp³-hybridized carbons (Fsp3) is 0.529. The lowest BCUT2D eigenvalue weighted by atomic mass is 10.0. The zero-order valence-corrected chi connectivity index (χ0v) is 17.4. The number of H-pyrrole nitrogens is 1. The molecule has 0 spiro atoms. The molecule has 1 saturated heterocycles. The van der Waals surface area contributed by atoms with Crippen LogP contribution in [0, 0.1) is 0 Å². The summed E-state index contributed by atoms with van der Waals surface area (Å²) in [7, 11) is 1.53. The molecule has 0 unspecified atom stereocenters. The molecule has 0 saturated carbocycles. The number of hydrogen-bond donors (Lipinski definition) is 3. The van der Waals surface area contributed by atoms with E-state index in [9.17, 15) is 19.1 Å². The number of nitrogens with zero attached hydrogens (tertiary/aromatic N) is 3. The second-order valence-electron chi connectivity index (χ2n) is 6.51. The zero-order chi connectivity index (χ0) is 21.1. The third kappa shape index (κ3) is 4.51. The number of carbonyl (C=O) groups excluding carboxylic acids is 1. The van der Waals surface area contributed by atoms with E-state index >= 15 is 0 Å². The molecule has 2 aromatic rings. The van der Waals surface area contributed by atoms with Gasteiger partial charge >= 0.3 is 5.97 Å². The van der Waals surface area contributed by atoms with E-state index in [4.69, 9.17) is 16.3 Å². The van der Waals surface area contributed by atoms with Crippen LogP contribution in [0.3, 0.4) is 0 Å². The number of thiazole rings is 1. The van der Waals surface area contributed by atoms with Gasteiger partial charge in [-0.2, -0.15) is 0 Å². The number of hydrogen-bond acceptors (Lipinski definition) is 7. The number of piperidine rings is 1. The molecule has 0 aromatic carbocycles. The molecule has 0 aliphatic carbocycles. The Kier molecular flexibility index (Phi) is 6.70. The van der Waals surface area contributed by atoms with E-state index in [1.54, 1.807) is 0 Å². The predicted molar refractivity (Wildman–Crippen MR) is 106 cm³/mol. The van der Waals surface area contributed by atoms with Gasteiger partial charge < -0.3 is 25.0 Å². The Morgan fingerprint density at radius 3 is 2.79 bits per heavy atom. The second kappa shape index (κ2) is 9.06. The summed E-state index contributed by atoms with van der Waals surface area (Å²) in [6.45, 7) is 1.84. The van der Waals surface area contributed by atoms with Gasteiger partial charge in [0.05, 0.1) is 23.5 Å². The Bertz CT molecular complexity index is 905. The third-order valence-electron chi connectivity index (χ3n) is 4.75. The maximum atomic E-state index is 13.1. The summed E-state index contributed by atoms with van der Waals surface area (Å²) >= 11 is 6.93. The van der Waals surface area contributed by atoms with Crippen LogP contribution in [0.25, 0.3) is 0 Å². The molecular formula is C17H21ClFN5O4S. The number of carbonyl (C=O) groups is 2. The van der Waals surface area contributed by atoms with Gasteiger partial charge in [-0.3, -0.25) is 4.79 Å². The number of aromatic amines is 1. The molecule has 1 aliphatic heterocycles. The van der Waals surface area contributed by atoms with Crippen LogP contribution in [0.4, 0.5) is 9.52 Å². The number of aromatic nitrogens is 3. The van der Waals surface area contributed by atoms with Crippen molar-refractivity contribution in [3.05, 3.63) is 27.2 Å². The molecule has 29 heavy (non-hydrogen) atoms. The number of ether oxygens (including phenoxy) is 1. The number of nitrogens with one attached hydrogen (secondary N) is 2. The number of methoxy groups -OCH3 is 1. The van der Waals surface area contributed by atoms with Crippen molar-refractivity contribution >= 4 is 39.9 Å². The summed E-state index contributed by atoms with van der Waals surface area (Å²) in [6, 6.07) is -0.280. The van der Waals surface area contributed by atoms with Gasteiger partial charge in [-0.05, 0) is 12.8 Å². The molecule has 3 N–H and O–H groups in total. The number of halogens is 2. The highest BCUT2D eigenvalue weighted by molar-refractivity contribution is 7.17. The number of imidazole rings is 1. The first-order valence-corrected chi connectivity index (χ1v) is 10.2. The average Bonchev–Trinajstić information content (AvgIpc) is 3.31. The van der Waals surface area contributed by atoms with Crippen molar-refractivity contribution in [1.82, 2.24) is 20.3 Å². The highest BCUT2D eigenvalue weighted by Crippen LogP contribution is 2.30. The fourth-order valence-electron chi connectivity index (χ4n) is 3.19. The van der Waals surface area contributed by atoms with Gasteiger partial charge in [-0.25, -0.2) is 19.2 Å². The van der Waals surface area contributed by atoms with Crippen molar-refractivity contribution in [3.8, 4) is 0 Å². The number of anilines is 1. The molecule has 1 amide bonds. The maximum absolute atomic E-state index is 13.1. The SMILES string of the molecule is CCc1[nH]c(C(=O)N[C@@H]2CCN(c3nc(CF)c(C(=O)O)s3)C[C@@H]2OC)nc1Cl. The quantitative estimate of drug-likeness (QED) is 0.597. The Labute approximate surface area is 175 Å². The predicted octanol–water partition coefficient (Wildman–Crippen LogP) is 2.27. The summed E-state index contributed by atoms with van der Waals surface area (Å²) < 4.78 is 18.6. The lowest BCUT2D eigenvalue weighted by molar-refractivity contribution is 0.0538. The molecule has 2 aromatic heterocycles. The van der Waals surface area contributed by atoms with Crippen LogP contribution in [0.2, 0.25) is 5.15 Å². The highest BCUT2D eigenvalue weighted by atomic mass is 35.5. The van der Waals surface area contributed by atoms with Crippen molar-refractivity contribution < 1.29 is 23.8 Å². The Hall–Kier alpha value is -2.24. The van der Waals surface area contributed by atoms with E-state index in [0.717, 1.165) is 11.3 Å². The first kappa shape index (κ1) is 21.5. The number of aryl methyl sites for hydroxylation is 1. The van der Waals surface area contributed by atoms with Crippen molar-refractivity contribution in [2.24, 2.45) is 0 Å². The van der Waals surface area contributed by atoms with E-state index in [0.29, 0.717) is 36.8 Å². The van der Waals surface area contributed by atoms with Crippen molar-refractivity contribution in [3.63, 3.8) is 0 Å². The van der Waals surface area contributed by atoms with Crippen molar-refractivity contribution in [2.45, 2.75) is 38.6 Å². The summed E-state index contributed by atoms with van der Waals surface area (Å²) in [5.74, 6) is -1.44. The molecule has 158 valence electrons. The van der Waals surface area contributed by atoms with E-state index in [1.807, 2.05) is 11.8 Å². The summed E-state index contributed by atoms with van der Waals surface area (Å²) in [5.41, 5.74) is 0.611. The summed E-state index contributed by atoms with van der Waals surface area (Å²) in [4.78, 5) is 36.6. The molecule has 3 rings (SSSR count). The molecular weight excluding hydrogens is 425 g/mol. The Morgan fingerprint density at radius 1 is 1.48 bits per heavy atom. The maximum Gasteiger partial charge on any atom is 0.347 e. The van der Waals surface area contributed by atoms with E-state index in [2.05, 4.69) is 20.3 Å². The number of amides is 1. The van der Waals surface area contributed by atoms with Crippen molar-refractivity contribution in [2.75, 3.05) is 25.1 Å². The molecule has 0 radical (unpaired) electrons. The van der Waals surface area contributed by atoms with Crippen LogP contribution >= 0.6 is 22.9 Å². The van der Waals surface area contributed by atoms with Gasteiger partial charge in [0, 0.05) is 20.2 Å².